The van der Waals surface area contributed by atoms with Gasteiger partial charge in [0.25, 0.3) is 5.91 Å². The van der Waals surface area contributed by atoms with Crippen LogP contribution < -0.4 is 10.6 Å². The molecule has 2 aromatic rings. The van der Waals surface area contributed by atoms with E-state index >= 15 is 0 Å². The minimum Gasteiger partial charge on any atom is -0.466 e. The van der Waals surface area contributed by atoms with Crippen molar-refractivity contribution in [3.63, 3.8) is 0 Å². The smallest absolute Gasteiger partial charge is 0.355 e. The van der Waals surface area contributed by atoms with Crippen molar-refractivity contribution in [3.05, 3.63) is 87.3 Å². The molecule has 10 heteroatoms. The highest BCUT2D eigenvalue weighted by atomic mass is 35.5. The molecular formula is C27H25ClN4O5. The number of allylic oxidation sites excluding steroid dienone is 1. The molecule has 1 fully saturated rings. The molecule has 2 N–H and O–H groups in total. The van der Waals surface area contributed by atoms with Crippen LogP contribution >= 0.6 is 11.6 Å². The summed E-state index contributed by atoms with van der Waals surface area (Å²) in [5, 5.41) is 10.3. The van der Waals surface area contributed by atoms with Crippen LogP contribution in [0.25, 0.3) is 0 Å². The standard InChI is InChI=1S/C27H25ClN4O5/c1-36-26(34)22-21(16-8-4-3-5-9-16)18(15-29)24(30)32(23(22)27(35)37-2)20-14-17(10-11-19(20)28)25(33)31-12-6-7-13-31/h3-5,8-11,14,21H,6-7,12-13,30H2,1-2H3. The highest BCUT2D eigenvalue weighted by Gasteiger charge is 2.43. The Morgan fingerprint density at radius 2 is 1.68 bits per heavy atom. The summed E-state index contributed by atoms with van der Waals surface area (Å²) in [7, 11) is 2.33. The predicted molar refractivity (Wildman–Crippen MR) is 136 cm³/mol. The number of amides is 1. The molecule has 37 heavy (non-hydrogen) atoms. The first-order valence-electron chi connectivity index (χ1n) is 11.6. The minimum absolute atomic E-state index is 0.00610. The third kappa shape index (κ3) is 4.63. The lowest BCUT2D eigenvalue weighted by Gasteiger charge is -2.36. The monoisotopic (exact) mass is 520 g/mol. The van der Waals surface area contributed by atoms with Gasteiger partial charge >= 0.3 is 11.9 Å². The second kappa shape index (κ2) is 10.8. The average Bonchev–Trinajstić information content (AvgIpc) is 3.47. The Bertz CT molecular complexity index is 1360. The number of nitrogens with two attached hydrogens (primary N) is 1. The number of ether oxygens (including phenoxy) is 2. The molecule has 1 saturated heterocycles. The van der Waals surface area contributed by atoms with Crippen molar-refractivity contribution in [1.82, 2.24) is 4.90 Å². The molecule has 2 heterocycles. The number of anilines is 1. The maximum absolute atomic E-state index is 13.2. The van der Waals surface area contributed by atoms with Crippen molar-refractivity contribution in [2.45, 2.75) is 18.8 Å². The fourth-order valence-electron chi connectivity index (χ4n) is 4.68. The van der Waals surface area contributed by atoms with Gasteiger partial charge in [0.15, 0.2) is 0 Å². The first-order valence-corrected chi connectivity index (χ1v) is 12.0. The second-order valence-electron chi connectivity index (χ2n) is 8.50. The van der Waals surface area contributed by atoms with Gasteiger partial charge in [-0.1, -0.05) is 41.9 Å². The lowest BCUT2D eigenvalue weighted by molar-refractivity contribution is -0.139. The Balaban J connectivity index is 2.00. The number of rotatable bonds is 5. The maximum Gasteiger partial charge on any atom is 0.355 e. The van der Waals surface area contributed by atoms with E-state index in [1.54, 1.807) is 41.3 Å². The van der Waals surface area contributed by atoms with Gasteiger partial charge in [-0.25, -0.2) is 9.59 Å². The Hall–Kier alpha value is -4.29. The Kier molecular flexibility index (Phi) is 7.50. The van der Waals surface area contributed by atoms with Crippen LogP contribution in [0.2, 0.25) is 5.02 Å². The van der Waals surface area contributed by atoms with Crippen LogP contribution in [0.15, 0.2) is 71.2 Å². The van der Waals surface area contributed by atoms with Crippen molar-refractivity contribution < 1.29 is 23.9 Å². The lowest BCUT2D eigenvalue weighted by atomic mass is 9.81. The number of nitrogens with zero attached hydrogens (tertiary/aromatic N) is 3. The molecule has 0 aliphatic carbocycles. The second-order valence-corrected chi connectivity index (χ2v) is 8.91. The molecule has 0 spiro atoms. The van der Waals surface area contributed by atoms with Gasteiger partial charge < -0.3 is 20.1 Å². The van der Waals surface area contributed by atoms with E-state index < -0.39 is 17.9 Å². The fraction of sp³-hybridized carbons (Fsp3) is 0.259. The lowest BCUT2D eigenvalue weighted by Crippen LogP contribution is -2.41. The molecule has 9 nitrogen and oxygen atoms in total. The number of hydrogen-bond donors (Lipinski definition) is 1. The largest absolute Gasteiger partial charge is 0.466 e. The van der Waals surface area contributed by atoms with Crippen LogP contribution in [0.5, 0.6) is 0 Å². The summed E-state index contributed by atoms with van der Waals surface area (Å²) in [4.78, 5) is 42.4. The van der Waals surface area contributed by atoms with Gasteiger partial charge in [-0.3, -0.25) is 9.69 Å². The van der Waals surface area contributed by atoms with Gasteiger partial charge in [0.2, 0.25) is 0 Å². The summed E-state index contributed by atoms with van der Waals surface area (Å²) in [6, 6.07) is 15.4. The number of carbonyl (C=O) groups is 3. The summed E-state index contributed by atoms with van der Waals surface area (Å²) in [5.41, 5.74) is 7.15. The third-order valence-corrected chi connectivity index (χ3v) is 6.76. The Labute approximate surface area is 219 Å². The zero-order chi connectivity index (χ0) is 26.7. The molecule has 0 bridgehead atoms. The fourth-order valence-corrected chi connectivity index (χ4v) is 4.89. The van der Waals surface area contributed by atoms with Crippen molar-refractivity contribution in [1.29, 1.82) is 5.26 Å². The van der Waals surface area contributed by atoms with E-state index in [2.05, 4.69) is 6.07 Å². The zero-order valence-corrected chi connectivity index (χ0v) is 21.1. The summed E-state index contributed by atoms with van der Waals surface area (Å²) in [6.07, 6.45) is 1.83. The normalized spacial score (nSPS) is 17.5. The quantitative estimate of drug-likeness (QED) is 0.594. The van der Waals surface area contributed by atoms with E-state index in [1.807, 2.05) is 0 Å². The molecule has 2 aliphatic rings. The number of nitriles is 1. The topological polar surface area (TPSA) is 126 Å². The van der Waals surface area contributed by atoms with Crippen LogP contribution in [0.3, 0.4) is 0 Å². The minimum atomic E-state index is -1.00. The highest BCUT2D eigenvalue weighted by molar-refractivity contribution is 6.33. The van der Waals surface area contributed by atoms with E-state index in [9.17, 15) is 19.6 Å². The molecular weight excluding hydrogens is 496 g/mol. The maximum atomic E-state index is 13.2. The number of halogens is 1. The van der Waals surface area contributed by atoms with Gasteiger partial charge in [-0.15, -0.1) is 0 Å². The van der Waals surface area contributed by atoms with Crippen LogP contribution in [-0.2, 0) is 19.1 Å². The van der Waals surface area contributed by atoms with E-state index in [4.69, 9.17) is 26.8 Å². The average molecular weight is 521 g/mol. The first-order chi connectivity index (χ1) is 17.8. The van der Waals surface area contributed by atoms with Crippen molar-refractivity contribution in [2.75, 3.05) is 32.2 Å². The Morgan fingerprint density at radius 3 is 2.27 bits per heavy atom. The molecule has 1 amide bonds. The van der Waals surface area contributed by atoms with E-state index in [-0.39, 0.29) is 39.3 Å². The summed E-state index contributed by atoms with van der Waals surface area (Å²) < 4.78 is 10.1. The van der Waals surface area contributed by atoms with Gasteiger partial charge in [0.1, 0.15) is 11.5 Å². The van der Waals surface area contributed by atoms with Gasteiger partial charge in [0.05, 0.1) is 48.1 Å². The summed E-state index contributed by atoms with van der Waals surface area (Å²) in [5.74, 6) is -3.07. The highest BCUT2D eigenvalue weighted by Crippen LogP contribution is 2.44. The van der Waals surface area contributed by atoms with Gasteiger partial charge in [-0.05, 0) is 36.6 Å². The molecule has 2 aromatic carbocycles. The summed E-state index contributed by atoms with van der Waals surface area (Å²) >= 11 is 6.56. The predicted octanol–water partition coefficient (Wildman–Crippen LogP) is 3.47. The van der Waals surface area contributed by atoms with E-state index in [0.717, 1.165) is 20.0 Å². The number of esters is 2. The number of methoxy groups -OCH3 is 2. The third-order valence-electron chi connectivity index (χ3n) is 6.44. The van der Waals surface area contributed by atoms with Crippen molar-refractivity contribution in [2.24, 2.45) is 5.73 Å². The molecule has 190 valence electrons. The molecule has 0 saturated carbocycles. The number of hydrogen-bond acceptors (Lipinski definition) is 8. The number of likely N-dealkylation sites (tertiary alicyclic amines) is 1. The van der Waals surface area contributed by atoms with E-state index in [1.165, 1.54) is 24.1 Å². The van der Waals surface area contributed by atoms with Gasteiger partial charge in [0, 0.05) is 18.7 Å². The van der Waals surface area contributed by atoms with Crippen molar-refractivity contribution >= 4 is 35.1 Å². The Morgan fingerprint density at radius 1 is 1.03 bits per heavy atom. The number of benzene rings is 2. The summed E-state index contributed by atoms with van der Waals surface area (Å²) in [6.45, 7) is 1.28. The SMILES string of the molecule is COC(=O)C1=C(C(=O)OC)N(c2cc(C(=O)N3CCCC3)ccc2Cl)C(N)=C(C#N)C1c1ccccc1. The van der Waals surface area contributed by atoms with Crippen molar-refractivity contribution in [3.8, 4) is 6.07 Å². The molecule has 4 rings (SSSR count). The molecule has 0 radical (unpaired) electrons. The molecule has 2 aliphatic heterocycles. The van der Waals surface area contributed by atoms with Gasteiger partial charge in [-0.2, -0.15) is 5.26 Å². The number of carbonyl (C=O) groups excluding carboxylic acids is 3. The van der Waals surface area contributed by atoms with E-state index in [0.29, 0.717) is 24.2 Å². The molecule has 0 aromatic heterocycles. The first kappa shape index (κ1) is 25.8. The van der Waals surface area contributed by atoms with Crippen LogP contribution in [0.1, 0.15) is 34.7 Å². The zero-order valence-electron chi connectivity index (χ0n) is 20.4. The van der Waals surface area contributed by atoms with Crippen LogP contribution in [0, 0.1) is 11.3 Å². The molecule has 1 unspecified atom stereocenters. The molecule has 1 atom stereocenters. The van der Waals surface area contributed by atoms with Crippen LogP contribution in [0.4, 0.5) is 5.69 Å². The van der Waals surface area contributed by atoms with Crippen LogP contribution in [-0.4, -0.2) is 50.1 Å².